The second-order valence-corrected chi connectivity index (χ2v) is 5.29. The Labute approximate surface area is 129 Å². The van der Waals surface area contributed by atoms with Gasteiger partial charge in [-0.25, -0.2) is 4.98 Å². The molecule has 0 radical (unpaired) electrons. The molecule has 2 rings (SSSR count). The van der Waals surface area contributed by atoms with Crippen molar-refractivity contribution >= 4 is 23.2 Å². The van der Waals surface area contributed by atoms with Gasteiger partial charge in [0.15, 0.2) is 0 Å². The average molecular weight is 310 g/mol. The maximum absolute atomic E-state index is 6.11. The second kappa shape index (κ2) is 7.51. The van der Waals surface area contributed by atoms with E-state index in [1.807, 2.05) is 12.1 Å². The number of aryl methyl sites for hydroxylation is 1. The van der Waals surface area contributed by atoms with Crippen LogP contribution in [0.25, 0.3) is 0 Å². The summed E-state index contributed by atoms with van der Waals surface area (Å²) in [7, 11) is 0. The van der Waals surface area contributed by atoms with Gasteiger partial charge in [-0.1, -0.05) is 37.1 Å². The summed E-state index contributed by atoms with van der Waals surface area (Å²) in [5, 5.41) is 0.471. The SMILES string of the molecule is CCCCc1ccc(Oc2ncc(CCl)cc2Cl)cc1. The zero-order valence-corrected chi connectivity index (χ0v) is 12.9. The van der Waals surface area contributed by atoms with E-state index >= 15 is 0 Å². The Kier molecular flexibility index (Phi) is 5.69. The molecule has 0 fully saturated rings. The number of benzene rings is 1. The molecule has 0 aliphatic rings. The first-order chi connectivity index (χ1) is 9.72. The summed E-state index contributed by atoms with van der Waals surface area (Å²) >= 11 is 11.8. The molecular weight excluding hydrogens is 293 g/mol. The van der Waals surface area contributed by atoms with E-state index in [2.05, 4.69) is 24.0 Å². The molecule has 4 heteroatoms. The van der Waals surface area contributed by atoms with Crippen LogP contribution in [0.2, 0.25) is 5.02 Å². The molecule has 0 N–H and O–H groups in total. The molecule has 1 heterocycles. The Balaban J connectivity index is 2.06. The topological polar surface area (TPSA) is 22.1 Å². The highest BCUT2D eigenvalue weighted by Gasteiger charge is 2.06. The molecule has 2 nitrogen and oxygen atoms in total. The monoisotopic (exact) mass is 309 g/mol. The molecule has 0 unspecified atom stereocenters. The van der Waals surface area contributed by atoms with Gasteiger partial charge in [0.25, 0.3) is 0 Å². The van der Waals surface area contributed by atoms with E-state index < -0.39 is 0 Å². The van der Waals surface area contributed by atoms with Gasteiger partial charge in [-0.15, -0.1) is 11.6 Å². The van der Waals surface area contributed by atoms with Crippen molar-refractivity contribution in [3.8, 4) is 11.6 Å². The number of nitrogens with zero attached hydrogens (tertiary/aromatic N) is 1. The van der Waals surface area contributed by atoms with Gasteiger partial charge in [0.2, 0.25) is 5.88 Å². The van der Waals surface area contributed by atoms with Crippen LogP contribution in [0.5, 0.6) is 11.6 Å². The molecule has 1 aromatic heterocycles. The predicted octanol–water partition coefficient (Wildman–Crippen LogP) is 5.61. The Bertz CT molecular complexity index is 555. The van der Waals surface area contributed by atoms with E-state index in [-0.39, 0.29) is 0 Å². The molecule has 0 atom stereocenters. The molecule has 0 saturated heterocycles. The molecule has 1 aromatic carbocycles. The molecule has 0 aliphatic carbocycles. The van der Waals surface area contributed by atoms with Crippen LogP contribution in [0.1, 0.15) is 30.9 Å². The van der Waals surface area contributed by atoms with Gasteiger partial charge in [-0.3, -0.25) is 0 Å². The average Bonchev–Trinajstić information content (AvgIpc) is 2.48. The Morgan fingerprint density at radius 1 is 1.15 bits per heavy atom. The van der Waals surface area contributed by atoms with Crippen LogP contribution < -0.4 is 4.74 Å². The Morgan fingerprint density at radius 3 is 2.50 bits per heavy atom. The van der Waals surface area contributed by atoms with Crippen molar-refractivity contribution in [2.24, 2.45) is 0 Å². The molecule has 0 saturated carbocycles. The van der Waals surface area contributed by atoms with Crippen LogP contribution in [0, 0.1) is 0 Å². The fraction of sp³-hybridized carbons (Fsp3) is 0.312. The number of aromatic nitrogens is 1. The van der Waals surface area contributed by atoms with Gasteiger partial charge >= 0.3 is 0 Å². The number of ether oxygens (including phenoxy) is 1. The maximum atomic E-state index is 6.11. The molecule has 0 aliphatic heterocycles. The highest BCUT2D eigenvalue weighted by atomic mass is 35.5. The van der Waals surface area contributed by atoms with E-state index in [1.165, 1.54) is 18.4 Å². The zero-order valence-electron chi connectivity index (χ0n) is 11.4. The lowest BCUT2D eigenvalue weighted by Gasteiger charge is -2.08. The van der Waals surface area contributed by atoms with Crippen LogP contribution in [0.15, 0.2) is 36.5 Å². The number of pyridine rings is 1. The maximum Gasteiger partial charge on any atom is 0.238 e. The van der Waals surface area contributed by atoms with Crippen molar-refractivity contribution < 1.29 is 4.74 Å². The van der Waals surface area contributed by atoms with E-state index in [9.17, 15) is 0 Å². The number of halogens is 2. The summed E-state index contributed by atoms with van der Waals surface area (Å²) < 4.78 is 5.68. The van der Waals surface area contributed by atoms with Crippen molar-refractivity contribution in [3.63, 3.8) is 0 Å². The van der Waals surface area contributed by atoms with E-state index in [0.717, 1.165) is 17.7 Å². The summed E-state index contributed by atoms with van der Waals surface area (Å²) in [4.78, 5) is 4.18. The Morgan fingerprint density at radius 2 is 1.90 bits per heavy atom. The summed E-state index contributed by atoms with van der Waals surface area (Å²) in [5.41, 5.74) is 2.19. The molecule has 106 valence electrons. The zero-order chi connectivity index (χ0) is 14.4. The standard InChI is InChI=1S/C16H17Cl2NO/c1-2-3-4-12-5-7-14(8-6-12)20-16-15(18)9-13(10-17)11-19-16/h5-9,11H,2-4,10H2,1H3. The molecule has 0 spiro atoms. The first kappa shape index (κ1) is 15.1. The summed E-state index contributed by atoms with van der Waals surface area (Å²) in [6.07, 6.45) is 5.17. The predicted molar refractivity (Wildman–Crippen MR) is 83.9 cm³/mol. The van der Waals surface area contributed by atoms with E-state index in [4.69, 9.17) is 27.9 Å². The smallest absolute Gasteiger partial charge is 0.238 e. The van der Waals surface area contributed by atoms with Crippen molar-refractivity contribution in [2.45, 2.75) is 32.1 Å². The molecule has 20 heavy (non-hydrogen) atoms. The van der Waals surface area contributed by atoms with Crippen LogP contribution >= 0.6 is 23.2 Å². The third kappa shape index (κ3) is 4.12. The van der Waals surface area contributed by atoms with Crippen molar-refractivity contribution in [3.05, 3.63) is 52.7 Å². The first-order valence-electron chi connectivity index (χ1n) is 6.70. The highest BCUT2D eigenvalue weighted by molar-refractivity contribution is 6.32. The largest absolute Gasteiger partial charge is 0.438 e. The lowest BCUT2D eigenvalue weighted by Crippen LogP contribution is -1.91. The second-order valence-electron chi connectivity index (χ2n) is 4.61. The Hall–Kier alpha value is -1.25. The van der Waals surface area contributed by atoms with Crippen LogP contribution in [-0.2, 0) is 12.3 Å². The van der Waals surface area contributed by atoms with Gasteiger partial charge in [0.1, 0.15) is 10.8 Å². The molecule has 0 amide bonds. The number of unbranched alkanes of at least 4 members (excludes halogenated alkanes) is 1. The van der Waals surface area contributed by atoms with Crippen LogP contribution in [-0.4, -0.2) is 4.98 Å². The summed E-state index contributed by atoms with van der Waals surface area (Å²) in [6.45, 7) is 2.19. The minimum absolute atomic E-state index is 0.388. The van der Waals surface area contributed by atoms with Gasteiger partial charge < -0.3 is 4.74 Å². The third-order valence-corrected chi connectivity index (χ3v) is 3.55. The quantitative estimate of drug-likeness (QED) is 0.647. The minimum atomic E-state index is 0.388. The van der Waals surface area contributed by atoms with Crippen molar-refractivity contribution in [1.82, 2.24) is 4.98 Å². The van der Waals surface area contributed by atoms with Crippen LogP contribution in [0.4, 0.5) is 0 Å². The molecule has 2 aromatic rings. The van der Waals surface area contributed by atoms with Gasteiger partial charge in [0.05, 0.1) is 0 Å². The number of alkyl halides is 1. The lowest BCUT2D eigenvalue weighted by molar-refractivity contribution is 0.462. The van der Waals surface area contributed by atoms with Gasteiger partial charge in [-0.05, 0) is 42.2 Å². The van der Waals surface area contributed by atoms with Crippen LogP contribution in [0.3, 0.4) is 0 Å². The van der Waals surface area contributed by atoms with Gasteiger partial charge in [0, 0.05) is 12.1 Å². The molecular formula is C16H17Cl2NO. The van der Waals surface area contributed by atoms with E-state index in [0.29, 0.717) is 16.8 Å². The number of rotatable bonds is 6. The van der Waals surface area contributed by atoms with Crippen molar-refractivity contribution in [1.29, 1.82) is 0 Å². The number of hydrogen-bond acceptors (Lipinski definition) is 2. The van der Waals surface area contributed by atoms with Crippen molar-refractivity contribution in [2.75, 3.05) is 0 Å². The lowest BCUT2D eigenvalue weighted by atomic mass is 10.1. The van der Waals surface area contributed by atoms with E-state index in [1.54, 1.807) is 12.3 Å². The summed E-state index contributed by atoms with van der Waals surface area (Å²) in [6, 6.07) is 9.81. The summed E-state index contributed by atoms with van der Waals surface area (Å²) in [5.74, 6) is 1.53. The normalized spacial score (nSPS) is 10.6. The highest BCUT2D eigenvalue weighted by Crippen LogP contribution is 2.28. The molecule has 0 bridgehead atoms. The minimum Gasteiger partial charge on any atom is -0.438 e. The third-order valence-electron chi connectivity index (χ3n) is 2.98. The van der Waals surface area contributed by atoms with Gasteiger partial charge in [-0.2, -0.15) is 0 Å². The number of hydrogen-bond donors (Lipinski definition) is 0. The fourth-order valence-electron chi connectivity index (χ4n) is 1.83. The first-order valence-corrected chi connectivity index (χ1v) is 7.61. The fourth-order valence-corrected chi connectivity index (χ4v) is 2.20.